The van der Waals surface area contributed by atoms with Crippen molar-refractivity contribution in [3.63, 3.8) is 0 Å². The number of ether oxygens (including phenoxy) is 1. The molecular weight excluding hydrogens is 356 g/mol. The molecule has 0 fully saturated rings. The maximum absolute atomic E-state index is 12.4. The summed E-state index contributed by atoms with van der Waals surface area (Å²) in [7, 11) is 3.50. The maximum Gasteiger partial charge on any atom is 0.387 e. The highest BCUT2D eigenvalue weighted by Gasteiger charge is 2.20. The Morgan fingerprint density at radius 3 is 2.56 bits per heavy atom. The Bertz CT molecular complexity index is 694. The Balaban J connectivity index is 0.00000312. The second kappa shape index (κ2) is 9.28. The van der Waals surface area contributed by atoms with E-state index in [0.29, 0.717) is 24.5 Å². The Morgan fingerprint density at radius 2 is 2.00 bits per heavy atom. The molecule has 1 heterocycles. The minimum Gasteiger partial charge on any atom is -0.435 e. The van der Waals surface area contributed by atoms with E-state index in [1.165, 1.54) is 16.8 Å². The molecule has 0 unspecified atom stereocenters. The number of hydrogen-bond donors (Lipinski definition) is 1. The molecule has 138 valence electrons. The number of halogens is 3. The predicted molar refractivity (Wildman–Crippen MR) is 90.9 cm³/mol. The Kier molecular flexibility index (Phi) is 7.72. The third-order valence-corrected chi connectivity index (χ3v) is 3.45. The van der Waals surface area contributed by atoms with Gasteiger partial charge in [-0.2, -0.15) is 8.78 Å². The average molecular weight is 376 g/mol. The van der Waals surface area contributed by atoms with Crippen LogP contribution in [-0.4, -0.2) is 59.6 Å². The molecule has 0 atom stereocenters. The van der Waals surface area contributed by atoms with Crippen LogP contribution in [0.15, 0.2) is 24.3 Å². The van der Waals surface area contributed by atoms with Crippen LogP contribution in [0.5, 0.6) is 5.75 Å². The molecule has 2 rings (SSSR count). The third kappa shape index (κ3) is 5.10. The van der Waals surface area contributed by atoms with Crippen molar-refractivity contribution >= 4 is 18.3 Å². The molecule has 0 radical (unpaired) electrons. The van der Waals surface area contributed by atoms with E-state index in [9.17, 15) is 13.6 Å². The standard InChI is InChI=1S/C15H19F2N5O2.ClH/c1-10-13(14(23)21(3)9-8-18-2)19-20-22(10)11-4-6-12(7-5-11)24-15(16)17;/h4-7,15,18H,8-9H2,1-3H3;1H. The SMILES string of the molecule is CNCCN(C)C(=O)c1nnn(-c2ccc(OC(F)F)cc2)c1C.Cl. The van der Waals surface area contributed by atoms with Gasteiger partial charge in [-0.05, 0) is 38.2 Å². The van der Waals surface area contributed by atoms with Crippen molar-refractivity contribution in [2.75, 3.05) is 27.2 Å². The van der Waals surface area contributed by atoms with Crippen molar-refractivity contribution in [2.24, 2.45) is 0 Å². The van der Waals surface area contributed by atoms with Gasteiger partial charge in [-0.3, -0.25) is 4.79 Å². The predicted octanol–water partition coefficient (Wildman–Crippen LogP) is 1.89. The van der Waals surface area contributed by atoms with Gasteiger partial charge in [0.2, 0.25) is 0 Å². The quantitative estimate of drug-likeness (QED) is 0.800. The fourth-order valence-corrected chi connectivity index (χ4v) is 2.10. The van der Waals surface area contributed by atoms with Crippen LogP contribution >= 0.6 is 12.4 Å². The molecule has 10 heteroatoms. The van der Waals surface area contributed by atoms with Crippen molar-refractivity contribution in [3.8, 4) is 11.4 Å². The van der Waals surface area contributed by atoms with Crippen molar-refractivity contribution in [2.45, 2.75) is 13.5 Å². The van der Waals surface area contributed by atoms with Gasteiger partial charge in [-0.1, -0.05) is 5.21 Å². The number of benzene rings is 1. The minimum absolute atomic E-state index is 0. The zero-order chi connectivity index (χ0) is 17.7. The highest BCUT2D eigenvalue weighted by Crippen LogP contribution is 2.19. The molecule has 1 amide bonds. The Labute approximate surface area is 150 Å². The van der Waals surface area contributed by atoms with E-state index in [0.717, 1.165) is 0 Å². The van der Waals surface area contributed by atoms with Gasteiger partial charge in [0.05, 0.1) is 11.4 Å². The van der Waals surface area contributed by atoms with Gasteiger partial charge in [0.15, 0.2) is 5.69 Å². The van der Waals surface area contributed by atoms with E-state index in [1.54, 1.807) is 38.1 Å². The van der Waals surface area contributed by atoms with Gasteiger partial charge in [0.1, 0.15) is 5.75 Å². The molecular formula is C15H20ClF2N5O2. The first-order valence-corrected chi connectivity index (χ1v) is 7.31. The summed E-state index contributed by atoms with van der Waals surface area (Å²) in [6.07, 6.45) is 0. The van der Waals surface area contributed by atoms with Crippen molar-refractivity contribution in [3.05, 3.63) is 35.7 Å². The normalized spacial score (nSPS) is 10.5. The van der Waals surface area contributed by atoms with E-state index in [1.807, 2.05) is 0 Å². The van der Waals surface area contributed by atoms with Gasteiger partial charge in [0.25, 0.3) is 5.91 Å². The summed E-state index contributed by atoms with van der Waals surface area (Å²) in [6, 6.07) is 5.95. The highest BCUT2D eigenvalue weighted by molar-refractivity contribution is 5.93. The van der Waals surface area contributed by atoms with E-state index < -0.39 is 6.61 Å². The summed E-state index contributed by atoms with van der Waals surface area (Å²) in [6.45, 7) is 0.0618. The van der Waals surface area contributed by atoms with Crippen LogP contribution in [0.2, 0.25) is 0 Å². The highest BCUT2D eigenvalue weighted by atomic mass is 35.5. The molecule has 1 N–H and O–H groups in total. The lowest BCUT2D eigenvalue weighted by atomic mass is 10.2. The number of carbonyl (C=O) groups excluding carboxylic acids is 1. The summed E-state index contributed by atoms with van der Waals surface area (Å²) in [4.78, 5) is 13.9. The second-order valence-electron chi connectivity index (χ2n) is 5.14. The molecule has 0 aliphatic heterocycles. The van der Waals surface area contributed by atoms with Gasteiger partial charge in [-0.25, -0.2) is 4.68 Å². The topological polar surface area (TPSA) is 72.3 Å². The van der Waals surface area contributed by atoms with Crippen LogP contribution in [-0.2, 0) is 0 Å². The van der Waals surface area contributed by atoms with Crippen LogP contribution in [0.4, 0.5) is 8.78 Å². The molecule has 1 aromatic heterocycles. The number of alkyl halides is 2. The lowest BCUT2D eigenvalue weighted by Gasteiger charge is -2.15. The Hall–Kier alpha value is -2.26. The first-order chi connectivity index (χ1) is 11.4. The summed E-state index contributed by atoms with van der Waals surface area (Å²) in [5.74, 6) is -0.179. The molecule has 7 nitrogen and oxygen atoms in total. The summed E-state index contributed by atoms with van der Waals surface area (Å²) in [5.41, 5.74) is 1.42. The number of amides is 1. The molecule has 0 bridgehead atoms. The molecule has 0 aliphatic carbocycles. The van der Waals surface area contributed by atoms with E-state index in [-0.39, 0.29) is 29.8 Å². The van der Waals surface area contributed by atoms with E-state index in [4.69, 9.17) is 0 Å². The molecule has 0 saturated carbocycles. The number of rotatable bonds is 7. The number of aromatic nitrogens is 3. The van der Waals surface area contributed by atoms with Gasteiger partial charge in [0, 0.05) is 20.1 Å². The second-order valence-corrected chi connectivity index (χ2v) is 5.14. The number of nitrogens with one attached hydrogen (secondary N) is 1. The number of likely N-dealkylation sites (N-methyl/N-ethyl adjacent to an activating group) is 2. The van der Waals surface area contributed by atoms with Crippen molar-refractivity contribution in [1.29, 1.82) is 0 Å². The van der Waals surface area contributed by atoms with Gasteiger partial charge in [-0.15, -0.1) is 17.5 Å². The monoisotopic (exact) mass is 375 g/mol. The smallest absolute Gasteiger partial charge is 0.387 e. The van der Waals surface area contributed by atoms with Crippen LogP contribution in [0.1, 0.15) is 16.2 Å². The van der Waals surface area contributed by atoms with Crippen LogP contribution < -0.4 is 10.1 Å². The zero-order valence-corrected chi connectivity index (χ0v) is 14.9. The Morgan fingerprint density at radius 1 is 1.36 bits per heavy atom. The van der Waals surface area contributed by atoms with Crippen LogP contribution in [0, 0.1) is 6.92 Å². The first kappa shape index (κ1) is 20.8. The summed E-state index contributed by atoms with van der Waals surface area (Å²) >= 11 is 0. The van der Waals surface area contributed by atoms with Crippen molar-refractivity contribution in [1.82, 2.24) is 25.2 Å². The number of hydrogen-bond acceptors (Lipinski definition) is 5. The lowest BCUT2D eigenvalue weighted by molar-refractivity contribution is -0.0498. The summed E-state index contributed by atoms with van der Waals surface area (Å²) < 4.78 is 30.1. The lowest BCUT2D eigenvalue weighted by Crippen LogP contribution is -2.33. The van der Waals surface area contributed by atoms with E-state index >= 15 is 0 Å². The molecule has 0 saturated heterocycles. The fourth-order valence-electron chi connectivity index (χ4n) is 2.10. The minimum atomic E-state index is -2.87. The maximum atomic E-state index is 12.4. The molecule has 1 aromatic carbocycles. The zero-order valence-electron chi connectivity index (χ0n) is 14.1. The number of nitrogens with zero attached hydrogens (tertiary/aromatic N) is 4. The van der Waals surface area contributed by atoms with Crippen LogP contribution in [0.3, 0.4) is 0 Å². The molecule has 0 spiro atoms. The molecule has 0 aliphatic rings. The van der Waals surface area contributed by atoms with Gasteiger partial charge < -0.3 is 15.0 Å². The van der Waals surface area contributed by atoms with E-state index in [2.05, 4.69) is 20.4 Å². The third-order valence-electron chi connectivity index (χ3n) is 3.45. The average Bonchev–Trinajstić information content (AvgIpc) is 2.93. The van der Waals surface area contributed by atoms with Gasteiger partial charge >= 0.3 is 6.61 Å². The largest absolute Gasteiger partial charge is 0.435 e. The molecule has 2 aromatic rings. The summed E-state index contributed by atoms with van der Waals surface area (Å²) in [5, 5.41) is 10.9. The first-order valence-electron chi connectivity index (χ1n) is 7.31. The van der Waals surface area contributed by atoms with Crippen LogP contribution in [0.25, 0.3) is 5.69 Å². The molecule has 25 heavy (non-hydrogen) atoms. The fraction of sp³-hybridized carbons (Fsp3) is 0.400. The van der Waals surface area contributed by atoms with Crippen molar-refractivity contribution < 1.29 is 18.3 Å². The number of carbonyl (C=O) groups is 1.